The number of aliphatic imine (C=N–C) groups is 3. The van der Waals surface area contributed by atoms with Crippen LogP contribution < -0.4 is 9.47 Å². The van der Waals surface area contributed by atoms with Crippen LogP contribution in [0.5, 0.6) is 11.5 Å². The van der Waals surface area contributed by atoms with Crippen molar-refractivity contribution < 1.29 is 13.9 Å². The number of guanidine groups is 1. The van der Waals surface area contributed by atoms with Crippen LogP contribution in [-0.4, -0.2) is 38.8 Å². The molecule has 19 heavy (non-hydrogen) atoms. The molecule has 0 bridgehead atoms. The molecule has 1 heterocycles. The highest BCUT2D eigenvalue weighted by molar-refractivity contribution is 6.04. The Morgan fingerprint density at radius 1 is 1.21 bits per heavy atom. The van der Waals surface area contributed by atoms with E-state index >= 15 is 0 Å². The monoisotopic (exact) mass is 263 g/mol. The van der Waals surface area contributed by atoms with Crippen molar-refractivity contribution in [2.75, 3.05) is 14.2 Å². The smallest absolute Gasteiger partial charge is 0.244 e. The second-order valence-electron chi connectivity index (χ2n) is 3.79. The van der Waals surface area contributed by atoms with Gasteiger partial charge in [0, 0.05) is 24.1 Å². The summed E-state index contributed by atoms with van der Waals surface area (Å²) in [5.74, 6) is 1.64. The van der Waals surface area contributed by atoms with Crippen molar-refractivity contribution in [3.05, 3.63) is 23.8 Å². The molecule has 0 N–H and O–H groups in total. The molecule has 0 fully saturated rings. The van der Waals surface area contributed by atoms with Crippen molar-refractivity contribution >= 4 is 18.4 Å². The molecule has 2 rings (SSSR count). The van der Waals surface area contributed by atoms with Crippen molar-refractivity contribution in [2.24, 2.45) is 15.0 Å². The van der Waals surface area contributed by atoms with Gasteiger partial charge in [0.25, 0.3) is 0 Å². The first-order valence-electron chi connectivity index (χ1n) is 5.70. The lowest BCUT2D eigenvalue weighted by atomic mass is 10.2. The Balaban J connectivity index is 2.13. The first-order valence-corrected chi connectivity index (χ1v) is 5.70. The maximum absolute atomic E-state index is 12.7. The summed E-state index contributed by atoms with van der Waals surface area (Å²) in [5.41, 5.74) is 0.878. The number of nitrogens with zero attached hydrogens (tertiary/aromatic N) is 3. The molecule has 0 unspecified atom stereocenters. The predicted octanol–water partition coefficient (Wildman–Crippen LogP) is 2.05. The lowest BCUT2D eigenvalue weighted by Gasteiger charge is -2.09. The van der Waals surface area contributed by atoms with Gasteiger partial charge in [-0.2, -0.15) is 0 Å². The molecular weight excluding hydrogens is 249 g/mol. The Morgan fingerprint density at radius 3 is 2.58 bits per heavy atom. The molecule has 0 radical (unpaired) electrons. The summed E-state index contributed by atoms with van der Waals surface area (Å²) in [5, 5.41) is 0. The van der Waals surface area contributed by atoms with Gasteiger partial charge in [-0.15, -0.1) is 0 Å². The van der Waals surface area contributed by atoms with Crippen molar-refractivity contribution in [1.29, 1.82) is 0 Å². The summed E-state index contributed by atoms with van der Waals surface area (Å²) >= 11 is 0. The van der Waals surface area contributed by atoms with Gasteiger partial charge in [-0.1, -0.05) is 0 Å². The Kier molecular flexibility index (Phi) is 4.22. The number of benzene rings is 1. The highest BCUT2D eigenvalue weighted by Gasteiger charge is 2.07. The van der Waals surface area contributed by atoms with Crippen LogP contribution in [0.4, 0.5) is 4.39 Å². The summed E-state index contributed by atoms with van der Waals surface area (Å²) < 4.78 is 23.1. The quantitative estimate of drug-likeness (QED) is 0.834. The van der Waals surface area contributed by atoms with Crippen LogP contribution in [0, 0.1) is 0 Å². The molecule has 0 saturated carbocycles. The maximum atomic E-state index is 12.7. The minimum absolute atomic E-state index is 0.256. The Hall–Kier alpha value is -2.24. The third-order valence-electron chi connectivity index (χ3n) is 2.55. The number of ether oxygens (including phenoxy) is 2. The molecular formula is C13H14FN3O2. The van der Waals surface area contributed by atoms with E-state index in [1.807, 2.05) is 12.1 Å². The average molecular weight is 263 g/mol. The second-order valence-corrected chi connectivity index (χ2v) is 3.79. The number of hydrogen-bond acceptors (Lipinski definition) is 3. The van der Waals surface area contributed by atoms with Gasteiger partial charge in [-0.25, -0.2) is 19.4 Å². The highest BCUT2D eigenvalue weighted by Crippen LogP contribution is 2.25. The van der Waals surface area contributed by atoms with E-state index in [0.29, 0.717) is 18.0 Å². The lowest BCUT2D eigenvalue weighted by Crippen LogP contribution is -2.11. The van der Waals surface area contributed by atoms with Crippen LogP contribution in [0.1, 0.15) is 5.56 Å². The minimum atomic E-state index is -1.23. The number of halogens is 1. The molecule has 0 saturated heterocycles. The molecule has 100 valence electrons. The zero-order valence-electron chi connectivity index (χ0n) is 10.7. The normalized spacial score (nSPS) is 17.4. The second kappa shape index (κ2) is 6.08. The lowest BCUT2D eigenvalue weighted by molar-refractivity contribution is 0.391. The summed E-state index contributed by atoms with van der Waals surface area (Å²) in [6.45, 7) is 0.355. The Labute approximate surface area is 110 Å². The van der Waals surface area contributed by atoms with E-state index in [1.54, 1.807) is 20.3 Å². The first kappa shape index (κ1) is 13.2. The Bertz CT molecular complexity index is 525. The third kappa shape index (κ3) is 3.37. The van der Waals surface area contributed by atoms with Crippen molar-refractivity contribution in [1.82, 2.24) is 0 Å². The van der Waals surface area contributed by atoms with Crippen LogP contribution >= 0.6 is 0 Å². The summed E-state index contributed by atoms with van der Waals surface area (Å²) in [7, 11) is 3.17. The topological polar surface area (TPSA) is 55.5 Å². The van der Waals surface area contributed by atoms with Crippen molar-refractivity contribution in [3.63, 3.8) is 0 Å². The molecule has 1 aliphatic heterocycles. The van der Waals surface area contributed by atoms with E-state index < -0.39 is 6.17 Å². The molecule has 1 aromatic rings. The fraction of sp³-hybridized carbons (Fsp3) is 0.308. The molecule has 0 spiro atoms. The first-order chi connectivity index (χ1) is 9.22. The molecule has 0 amide bonds. The van der Waals surface area contributed by atoms with Gasteiger partial charge >= 0.3 is 0 Å². The molecule has 0 atom stereocenters. The maximum Gasteiger partial charge on any atom is 0.244 e. The molecule has 1 aromatic carbocycles. The van der Waals surface area contributed by atoms with Crippen LogP contribution in [-0.2, 0) is 6.54 Å². The standard InChI is InChI=1S/C13H14FN3O2/c1-18-11-4-3-9(12(5-11)19-2)6-15-13-16-7-10(14)8-17-13/h3-5,7-8,10H,6H2,1-2H3. The average Bonchev–Trinajstić information content (AvgIpc) is 2.46. The molecule has 0 aliphatic carbocycles. The summed E-state index contributed by atoms with van der Waals surface area (Å²) in [6, 6.07) is 5.46. The van der Waals surface area contributed by atoms with Gasteiger partial charge in [-0.3, -0.25) is 0 Å². The minimum Gasteiger partial charge on any atom is -0.497 e. The highest BCUT2D eigenvalue weighted by atomic mass is 19.1. The van der Waals surface area contributed by atoms with Gasteiger partial charge in [0.15, 0.2) is 6.17 Å². The van der Waals surface area contributed by atoms with Gasteiger partial charge in [0.05, 0.1) is 20.8 Å². The zero-order valence-corrected chi connectivity index (χ0v) is 10.7. The number of alkyl halides is 1. The molecule has 0 aromatic heterocycles. The van der Waals surface area contributed by atoms with E-state index in [0.717, 1.165) is 18.0 Å². The van der Waals surface area contributed by atoms with Crippen LogP contribution in [0.3, 0.4) is 0 Å². The van der Waals surface area contributed by atoms with Crippen molar-refractivity contribution in [2.45, 2.75) is 12.7 Å². The third-order valence-corrected chi connectivity index (χ3v) is 2.55. The fourth-order valence-electron chi connectivity index (χ4n) is 1.57. The van der Waals surface area contributed by atoms with E-state index in [2.05, 4.69) is 15.0 Å². The van der Waals surface area contributed by atoms with E-state index in [-0.39, 0.29) is 5.96 Å². The van der Waals surface area contributed by atoms with Crippen molar-refractivity contribution in [3.8, 4) is 11.5 Å². The van der Waals surface area contributed by atoms with Crippen LogP contribution in [0.25, 0.3) is 0 Å². The Morgan fingerprint density at radius 2 is 1.95 bits per heavy atom. The largest absolute Gasteiger partial charge is 0.497 e. The number of rotatable bonds is 4. The summed E-state index contributed by atoms with van der Waals surface area (Å²) in [6.07, 6.45) is 1.10. The number of methoxy groups -OCH3 is 2. The molecule has 5 nitrogen and oxygen atoms in total. The van der Waals surface area contributed by atoms with Crippen LogP contribution in [0.2, 0.25) is 0 Å². The molecule has 1 aliphatic rings. The van der Waals surface area contributed by atoms with Crippen LogP contribution in [0.15, 0.2) is 33.2 Å². The van der Waals surface area contributed by atoms with Gasteiger partial charge in [-0.05, 0) is 12.1 Å². The van der Waals surface area contributed by atoms with E-state index in [1.165, 1.54) is 0 Å². The SMILES string of the molecule is COc1ccc(CN=C2N=CC(F)C=N2)c(OC)c1. The number of hydrogen-bond donors (Lipinski definition) is 0. The van der Waals surface area contributed by atoms with Gasteiger partial charge < -0.3 is 9.47 Å². The van der Waals surface area contributed by atoms with Gasteiger partial charge in [0.1, 0.15) is 11.5 Å². The fourth-order valence-corrected chi connectivity index (χ4v) is 1.57. The van der Waals surface area contributed by atoms with E-state index in [4.69, 9.17) is 9.47 Å². The molecule has 6 heteroatoms. The predicted molar refractivity (Wildman–Crippen MR) is 72.6 cm³/mol. The zero-order chi connectivity index (χ0) is 13.7. The van der Waals surface area contributed by atoms with Gasteiger partial charge in [0.2, 0.25) is 5.96 Å². The summed E-state index contributed by atoms with van der Waals surface area (Å²) in [4.78, 5) is 11.8. The van der Waals surface area contributed by atoms with E-state index in [9.17, 15) is 4.39 Å².